The minimum atomic E-state index is -0.384. The largest absolute Gasteiger partial charge is 0.461 e. The van der Waals surface area contributed by atoms with Crippen LogP contribution in [0.4, 0.5) is 0 Å². The maximum absolute atomic E-state index is 11.8. The predicted molar refractivity (Wildman–Crippen MR) is 96.6 cm³/mol. The number of benzene rings is 1. The molecule has 0 aliphatic rings. The van der Waals surface area contributed by atoms with Crippen LogP contribution in [-0.2, 0) is 17.7 Å². The zero-order chi connectivity index (χ0) is 17.7. The minimum Gasteiger partial charge on any atom is -0.461 e. The van der Waals surface area contributed by atoms with Gasteiger partial charge in [-0.2, -0.15) is 5.10 Å². The second-order valence-electron chi connectivity index (χ2n) is 6.39. The van der Waals surface area contributed by atoms with Crippen molar-refractivity contribution < 1.29 is 9.53 Å². The van der Waals surface area contributed by atoms with Crippen molar-refractivity contribution in [2.75, 3.05) is 6.61 Å². The molecule has 2 aromatic rings. The van der Waals surface area contributed by atoms with E-state index in [0.717, 1.165) is 24.1 Å². The van der Waals surface area contributed by atoms with E-state index in [1.807, 2.05) is 23.7 Å². The van der Waals surface area contributed by atoms with E-state index in [1.165, 1.54) is 5.56 Å². The smallest absolute Gasteiger partial charge is 0.358 e. The Morgan fingerprint density at radius 2 is 2.04 bits per heavy atom. The van der Waals surface area contributed by atoms with Crippen molar-refractivity contribution in [3.05, 3.63) is 51.8 Å². The third-order valence-electron chi connectivity index (χ3n) is 3.95. The summed E-state index contributed by atoms with van der Waals surface area (Å²) in [5.74, 6) is 0.265. The van der Waals surface area contributed by atoms with Crippen molar-refractivity contribution >= 4 is 17.6 Å². The van der Waals surface area contributed by atoms with Gasteiger partial charge in [0, 0.05) is 10.7 Å². The van der Waals surface area contributed by atoms with Crippen molar-refractivity contribution in [2.45, 2.75) is 47.1 Å². The highest BCUT2D eigenvalue weighted by Gasteiger charge is 2.14. The Kier molecular flexibility index (Phi) is 6.44. The van der Waals surface area contributed by atoms with Crippen LogP contribution in [0, 0.1) is 12.8 Å². The lowest BCUT2D eigenvalue weighted by molar-refractivity contribution is 0.0518. The third kappa shape index (κ3) is 4.84. The Labute approximate surface area is 148 Å². The highest BCUT2D eigenvalue weighted by Crippen LogP contribution is 2.21. The first-order valence-electron chi connectivity index (χ1n) is 8.39. The van der Waals surface area contributed by atoms with Crippen molar-refractivity contribution in [1.82, 2.24) is 9.78 Å². The van der Waals surface area contributed by atoms with Gasteiger partial charge in [0.2, 0.25) is 0 Å². The Hall–Kier alpha value is -1.81. The fraction of sp³-hybridized carbons (Fsp3) is 0.474. The van der Waals surface area contributed by atoms with Gasteiger partial charge in [-0.1, -0.05) is 31.5 Å². The molecule has 0 aliphatic carbocycles. The summed E-state index contributed by atoms with van der Waals surface area (Å²) in [6.07, 6.45) is 2.13. The number of hydrogen-bond donors (Lipinski definition) is 0. The molecule has 130 valence electrons. The average Bonchev–Trinajstić information content (AvgIpc) is 2.88. The van der Waals surface area contributed by atoms with Gasteiger partial charge in [0.1, 0.15) is 0 Å². The van der Waals surface area contributed by atoms with Crippen LogP contribution >= 0.6 is 11.6 Å². The molecule has 5 heteroatoms. The van der Waals surface area contributed by atoms with Crippen LogP contribution in [-0.4, -0.2) is 22.4 Å². The van der Waals surface area contributed by atoms with E-state index in [4.69, 9.17) is 16.3 Å². The van der Waals surface area contributed by atoms with Gasteiger partial charge in [-0.25, -0.2) is 4.79 Å². The van der Waals surface area contributed by atoms with Crippen molar-refractivity contribution in [2.24, 2.45) is 5.92 Å². The number of carbonyl (C=O) groups excluding carboxylic acids is 1. The van der Waals surface area contributed by atoms with Gasteiger partial charge in [0.05, 0.1) is 13.2 Å². The molecular weight excluding hydrogens is 324 g/mol. The van der Waals surface area contributed by atoms with Crippen LogP contribution < -0.4 is 0 Å². The van der Waals surface area contributed by atoms with Gasteiger partial charge in [0.25, 0.3) is 0 Å². The molecule has 0 saturated heterocycles. The zero-order valence-electron chi connectivity index (χ0n) is 14.8. The fourth-order valence-electron chi connectivity index (χ4n) is 2.57. The Morgan fingerprint density at radius 3 is 2.71 bits per heavy atom. The molecule has 4 nitrogen and oxygen atoms in total. The van der Waals surface area contributed by atoms with Crippen LogP contribution in [0.25, 0.3) is 0 Å². The molecule has 0 bridgehead atoms. The SMILES string of the molecule is CCOC(=O)c1cc(C)n(Cc2cc(Cl)ccc2CCC(C)C)n1. The second-order valence-corrected chi connectivity index (χ2v) is 6.83. The summed E-state index contributed by atoms with van der Waals surface area (Å²) in [5, 5.41) is 5.11. The minimum absolute atomic E-state index is 0.346. The molecule has 0 amide bonds. The first-order valence-corrected chi connectivity index (χ1v) is 8.77. The highest BCUT2D eigenvalue weighted by atomic mass is 35.5. The molecule has 0 saturated carbocycles. The summed E-state index contributed by atoms with van der Waals surface area (Å²) in [6.45, 7) is 9.11. The molecule has 1 aromatic carbocycles. The highest BCUT2D eigenvalue weighted by molar-refractivity contribution is 6.30. The van der Waals surface area contributed by atoms with Crippen LogP contribution in [0.3, 0.4) is 0 Å². The monoisotopic (exact) mass is 348 g/mol. The van der Waals surface area contributed by atoms with Crippen LogP contribution in [0.15, 0.2) is 24.3 Å². The van der Waals surface area contributed by atoms with Crippen molar-refractivity contribution in [3.8, 4) is 0 Å². The summed E-state index contributed by atoms with van der Waals surface area (Å²) in [6, 6.07) is 7.77. The lowest BCUT2D eigenvalue weighted by Crippen LogP contribution is -2.10. The number of aryl methyl sites for hydroxylation is 2. The quantitative estimate of drug-likeness (QED) is 0.683. The standard InChI is InChI=1S/C19H25ClN2O2/c1-5-24-19(23)18-10-14(4)22(21-18)12-16-11-17(20)9-8-15(16)7-6-13(2)3/h8-11,13H,5-7,12H2,1-4H3. The predicted octanol–water partition coefficient (Wildman–Crippen LogP) is 4.66. The number of ether oxygens (including phenoxy) is 1. The van der Waals surface area contributed by atoms with E-state index in [2.05, 4.69) is 25.0 Å². The summed E-state index contributed by atoms with van der Waals surface area (Å²) in [4.78, 5) is 11.8. The molecule has 1 aromatic heterocycles. The van der Waals surface area contributed by atoms with Gasteiger partial charge >= 0.3 is 5.97 Å². The van der Waals surface area contributed by atoms with E-state index in [9.17, 15) is 4.79 Å². The number of esters is 1. The summed E-state index contributed by atoms with van der Waals surface area (Å²) in [7, 11) is 0. The van der Waals surface area contributed by atoms with Gasteiger partial charge < -0.3 is 4.74 Å². The van der Waals surface area contributed by atoms with Crippen molar-refractivity contribution in [3.63, 3.8) is 0 Å². The summed E-state index contributed by atoms with van der Waals surface area (Å²) >= 11 is 6.18. The van der Waals surface area contributed by atoms with E-state index < -0.39 is 0 Å². The zero-order valence-corrected chi connectivity index (χ0v) is 15.6. The van der Waals surface area contributed by atoms with Gasteiger partial charge in [0.15, 0.2) is 5.69 Å². The molecule has 0 fully saturated rings. The van der Waals surface area contributed by atoms with Gasteiger partial charge in [-0.15, -0.1) is 0 Å². The number of nitrogens with zero attached hydrogens (tertiary/aromatic N) is 2. The molecule has 0 aliphatic heterocycles. The lowest BCUT2D eigenvalue weighted by atomic mass is 9.98. The van der Waals surface area contributed by atoms with E-state index in [-0.39, 0.29) is 5.97 Å². The normalized spacial score (nSPS) is 11.1. The van der Waals surface area contributed by atoms with E-state index in [0.29, 0.717) is 29.8 Å². The number of aromatic nitrogens is 2. The molecule has 2 rings (SSSR count). The molecule has 0 atom stereocenters. The average molecular weight is 349 g/mol. The van der Waals surface area contributed by atoms with Crippen molar-refractivity contribution in [1.29, 1.82) is 0 Å². The Balaban J connectivity index is 2.24. The molecule has 0 spiro atoms. The third-order valence-corrected chi connectivity index (χ3v) is 4.18. The fourth-order valence-corrected chi connectivity index (χ4v) is 2.76. The molecule has 0 N–H and O–H groups in total. The summed E-state index contributed by atoms with van der Waals surface area (Å²) < 4.78 is 6.85. The molecule has 0 unspecified atom stereocenters. The number of hydrogen-bond acceptors (Lipinski definition) is 3. The number of carbonyl (C=O) groups is 1. The van der Waals surface area contributed by atoms with Crippen LogP contribution in [0.5, 0.6) is 0 Å². The summed E-state index contributed by atoms with van der Waals surface area (Å²) in [5.41, 5.74) is 3.69. The Morgan fingerprint density at radius 1 is 1.29 bits per heavy atom. The lowest BCUT2D eigenvalue weighted by Gasteiger charge is -2.13. The maximum Gasteiger partial charge on any atom is 0.358 e. The van der Waals surface area contributed by atoms with Gasteiger partial charge in [-0.3, -0.25) is 4.68 Å². The first kappa shape index (κ1) is 18.5. The topological polar surface area (TPSA) is 44.1 Å². The number of rotatable bonds is 7. The van der Waals surface area contributed by atoms with Crippen LogP contribution in [0.2, 0.25) is 5.02 Å². The Bertz CT molecular complexity index is 707. The van der Waals surface area contributed by atoms with E-state index in [1.54, 1.807) is 13.0 Å². The molecule has 1 heterocycles. The van der Waals surface area contributed by atoms with Gasteiger partial charge in [-0.05, 0) is 61.9 Å². The molecule has 0 radical (unpaired) electrons. The van der Waals surface area contributed by atoms with Crippen LogP contribution in [0.1, 0.15) is 54.5 Å². The maximum atomic E-state index is 11.8. The second kappa shape index (κ2) is 8.34. The van der Waals surface area contributed by atoms with E-state index >= 15 is 0 Å². The number of halogens is 1. The molecule has 24 heavy (non-hydrogen) atoms. The molecular formula is C19H25ClN2O2. The first-order chi connectivity index (χ1) is 11.4.